The fourth-order valence-electron chi connectivity index (χ4n) is 9.61. The number of halogens is 1. The van der Waals surface area contributed by atoms with Gasteiger partial charge in [-0.05, 0) is 0 Å². The van der Waals surface area contributed by atoms with Gasteiger partial charge in [0, 0.05) is 7.11 Å². The number of methoxy groups -OCH3 is 2. The molecule has 4 heterocycles. The summed E-state index contributed by atoms with van der Waals surface area (Å²) in [6.07, 6.45) is 3.65. The molecule has 46 heavy (non-hydrogen) atoms. The normalized spacial score (nSPS) is 36.5. The molecule has 0 radical (unpaired) electrons. The number of nitrogens with zero attached hydrogens (tertiary/aromatic N) is 1. The van der Waals surface area contributed by atoms with E-state index in [1.807, 2.05) is 20.1 Å². The second kappa shape index (κ2) is 12.0. The van der Waals surface area contributed by atoms with Crippen LogP contribution in [0.2, 0.25) is 0 Å². The third-order valence-electron chi connectivity index (χ3n) is 12.8. The number of aliphatic hydroxyl groups is 1. The summed E-state index contributed by atoms with van der Waals surface area (Å²) in [5.74, 6) is 1.67. The molecule has 2 spiro atoms. The van der Waals surface area contributed by atoms with Crippen molar-refractivity contribution in [2.45, 2.75) is 100 Å². The number of carbonyl (C=O) groups excluding carboxylic acids is 1. The molecule has 2 bridgehead atoms. The zero-order chi connectivity index (χ0) is 33.3. The first-order chi connectivity index (χ1) is 21.7. The van der Waals surface area contributed by atoms with E-state index in [9.17, 15) is 9.90 Å². The predicted molar refractivity (Wildman–Crippen MR) is 170 cm³/mol. The molecule has 1 aromatic carbocycles. The Morgan fingerprint density at radius 3 is 2.50 bits per heavy atom. The monoisotopic (exact) mass is 756 g/mol. The van der Waals surface area contributed by atoms with Crippen molar-refractivity contribution < 1.29 is 59.5 Å². The average molecular weight is 757 g/mol. The Morgan fingerprint density at radius 1 is 1.13 bits per heavy atom. The van der Waals surface area contributed by atoms with Crippen LogP contribution in [0.15, 0.2) is 12.1 Å². The van der Waals surface area contributed by atoms with Gasteiger partial charge in [0.05, 0.1) is 6.61 Å². The van der Waals surface area contributed by atoms with E-state index in [1.54, 1.807) is 7.11 Å². The van der Waals surface area contributed by atoms with E-state index in [4.69, 9.17) is 28.4 Å². The molecule has 2 aliphatic carbocycles. The van der Waals surface area contributed by atoms with Crippen LogP contribution >= 0.6 is 0 Å². The molecule has 6 aliphatic rings. The summed E-state index contributed by atoms with van der Waals surface area (Å²) in [6, 6.07) is 4.20. The zero-order valence-corrected chi connectivity index (χ0v) is 31.5. The molecule has 3 saturated heterocycles. The van der Waals surface area contributed by atoms with E-state index < -0.39 is 42.2 Å². The summed E-state index contributed by atoms with van der Waals surface area (Å²) in [5.41, 5.74) is -0.384. The molecular formula is C36H55INO8-. The summed E-state index contributed by atoms with van der Waals surface area (Å²) in [4.78, 5) is 15.7. The quantitative estimate of drug-likeness (QED) is 0.120. The van der Waals surface area contributed by atoms with Crippen LogP contribution in [0.5, 0.6) is 11.5 Å². The Kier molecular flexibility index (Phi) is 9.05. The van der Waals surface area contributed by atoms with Gasteiger partial charge >= 0.3 is 268 Å². The van der Waals surface area contributed by atoms with Crippen LogP contribution < -0.4 is 30.7 Å². The second-order valence-electron chi connectivity index (χ2n) is 15.7. The van der Waals surface area contributed by atoms with Gasteiger partial charge in [-0.15, -0.1) is 0 Å². The van der Waals surface area contributed by atoms with Crippen LogP contribution in [-0.4, -0.2) is 95.2 Å². The third-order valence-corrected chi connectivity index (χ3v) is 17.9. The van der Waals surface area contributed by atoms with E-state index in [2.05, 4.69) is 52.5 Å². The topological polar surface area (TPSA) is 95.9 Å². The summed E-state index contributed by atoms with van der Waals surface area (Å²) in [7, 11) is 3.45. The number of benzene rings is 1. The number of rotatable bonds is 11. The number of alkyl halides is 2. The molecule has 4 aliphatic heterocycles. The fraction of sp³-hybridized carbons (Fsp3) is 0.806. The van der Waals surface area contributed by atoms with Crippen molar-refractivity contribution >= 4 is 6.16 Å². The predicted octanol–water partition coefficient (Wildman–Crippen LogP) is 2.32. The molecule has 1 unspecified atom stereocenters. The van der Waals surface area contributed by atoms with Gasteiger partial charge in [-0.25, -0.2) is 0 Å². The SMILES string of the molecule is COCCOCCOC(=O)Oc1ccc(C)c2c1O[C@@]1(C)C23CCN(CC2CC2)[C@H](C)[C@]32C[I-][C@@]1(OC)[C@@H]([C@](C)(O)C(C)(C)C)C2. The summed E-state index contributed by atoms with van der Waals surface area (Å²) in [5, 5.41) is 12.6. The van der Waals surface area contributed by atoms with Gasteiger partial charge in [0.2, 0.25) is 0 Å². The molecular weight excluding hydrogens is 701 g/mol. The first-order valence-electron chi connectivity index (χ1n) is 17.0. The standard InChI is InChI=1S/C36H55INO8/c1-23-10-13-26(45-30(39)44-19-18-43-17-16-41-8)29-28(23)35-14-15-38(21-25-11-12-25)24(2)34(35)20-27(32(6,40)31(3,4)5)36(42-9,37-22-34)33(35,7)46-29/h10,13,24-25,27,40H,11-12,14-22H2,1-9H3/q-1/t24-,27-,32+,33+,34+,35?,36-/m1/s1. The summed E-state index contributed by atoms with van der Waals surface area (Å²) in [6.45, 7) is 18.7. The molecule has 260 valence electrons. The average Bonchev–Trinajstić information content (AvgIpc) is 3.77. The number of likely N-dealkylation sites (tertiary alicyclic amines) is 1. The molecule has 10 heteroatoms. The number of ether oxygens (including phenoxy) is 6. The van der Waals surface area contributed by atoms with Crippen LogP contribution in [0.4, 0.5) is 4.79 Å². The zero-order valence-electron chi connectivity index (χ0n) is 29.3. The van der Waals surface area contributed by atoms with E-state index >= 15 is 0 Å². The Labute approximate surface area is 285 Å². The molecule has 7 atom stereocenters. The Balaban J connectivity index is 1.44. The molecule has 1 aromatic rings. The van der Waals surface area contributed by atoms with Gasteiger partial charge in [-0.3, -0.25) is 0 Å². The third kappa shape index (κ3) is 4.81. The molecule has 2 saturated carbocycles. The van der Waals surface area contributed by atoms with Gasteiger partial charge in [-0.1, -0.05) is 0 Å². The van der Waals surface area contributed by atoms with Crippen LogP contribution in [0.25, 0.3) is 0 Å². The number of fused-ring (bicyclic) bond motifs is 3. The van der Waals surface area contributed by atoms with Gasteiger partial charge in [0.15, 0.2) is 0 Å². The maximum absolute atomic E-state index is 13.0. The van der Waals surface area contributed by atoms with E-state index in [0.29, 0.717) is 30.8 Å². The number of carbonyl (C=O) groups is 1. The molecule has 0 amide bonds. The molecule has 7 rings (SSSR count). The van der Waals surface area contributed by atoms with E-state index in [0.717, 1.165) is 47.4 Å². The number of piperidine rings is 1. The van der Waals surface area contributed by atoms with Gasteiger partial charge in [-0.2, -0.15) is 0 Å². The first-order valence-corrected chi connectivity index (χ1v) is 19.6. The maximum atomic E-state index is 13.0. The van der Waals surface area contributed by atoms with Gasteiger partial charge in [0.1, 0.15) is 0 Å². The fourth-order valence-corrected chi connectivity index (χ4v) is 15.4. The molecule has 0 aromatic heterocycles. The van der Waals surface area contributed by atoms with E-state index in [1.165, 1.54) is 12.8 Å². The number of aryl methyl sites for hydroxylation is 1. The minimum absolute atomic E-state index is 0.0807. The molecule has 5 fully saturated rings. The summed E-state index contributed by atoms with van der Waals surface area (Å²) < 4.78 is 36.4. The number of hydrogen-bond donors (Lipinski definition) is 1. The van der Waals surface area contributed by atoms with Crippen molar-refractivity contribution in [3.8, 4) is 11.5 Å². The van der Waals surface area contributed by atoms with Crippen molar-refractivity contribution in [1.82, 2.24) is 4.90 Å². The summed E-state index contributed by atoms with van der Waals surface area (Å²) >= 11 is -0.584. The molecule has 9 nitrogen and oxygen atoms in total. The first kappa shape index (κ1) is 34.7. The van der Waals surface area contributed by atoms with Gasteiger partial charge in [0.25, 0.3) is 0 Å². The Hall–Kier alpha value is -1.18. The van der Waals surface area contributed by atoms with Crippen LogP contribution in [0.3, 0.4) is 0 Å². The Morgan fingerprint density at radius 2 is 1.85 bits per heavy atom. The van der Waals surface area contributed by atoms with Crippen molar-refractivity contribution in [1.29, 1.82) is 0 Å². The second-order valence-corrected chi connectivity index (χ2v) is 18.9. The minimum atomic E-state index is -1.01. The van der Waals surface area contributed by atoms with Crippen molar-refractivity contribution in [2.24, 2.45) is 22.7 Å². The van der Waals surface area contributed by atoms with Crippen molar-refractivity contribution in [3.05, 3.63) is 23.3 Å². The van der Waals surface area contributed by atoms with Crippen LogP contribution in [-0.2, 0) is 24.4 Å². The van der Waals surface area contributed by atoms with Crippen molar-refractivity contribution in [3.63, 3.8) is 0 Å². The number of hydrogen-bond acceptors (Lipinski definition) is 9. The molecule has 1 N–H and O–H groups in total. The van der Waals surface area contributed by atoms with Crippen molar-refractivity contribution in [2.75, 3.05) is 58.2 Å². The van der Waals surface area contributed by atoms with Crippen LogP contribution in [0, 0.1) is 29.6 Å². The van der Waals surface area contributed by atoms with Crippen LogP contribution in [0.1, 0.15) is 78.4 Å². The Bertz CT molecular complexity index is 1330. The van der Waals surface area contributed by atoms with Gasteiger partial charge < -0.3 is 4.74 Å². The van der Waals surface area contributed by atoms with E-state index in [-0.39, 0.29) is 35.4 Å².